The van der Waals surface area contributed by atoms with Crippen molar-refractivity contribution in [1.82, 2.24) is 4.90 Å². The quantitative estimate of drug-likeness (QED) is 0.453. The number of aliphatic imine (C=N–C) groups is 1. The molecule has 0 unspecified atom stereocenters. The standard InChI is InChI=1S/C6H9N2/c1-6-7-4-3-5-8(6)2/h3-5H,1-2H3. The van der Waals surface area contributed by atoms with E-state index in [0.29, 0.717) is 0 Å². The molecule has 0 amide bonds. The smallest absolute Gasteiger partial charge is 0.101 e. The Bertz CT molecular complexity index is 135. The molecule has 0 bridgehead atoms. The third kappa shape index (κ3) is 0.886. The highest BCUT2D eigenvalue weighted by Gasteiger charge is 1.99. The van der Waals surface area contributed by atoms with E-state index in [-0.39, 0.29) is 0 Å². The second kappa shape index (κ2) is 1.99. The SMILES string of the molecule is CC1=NC=C[CH]N1C. The normalized spacial score (nSPS) is 18.8. The first kappa shape index (κ1) is 5.35. The number of amidine groups is 1. The van der Waals surface area contributed by atoms with Gasteiger partial charge in [0.15, 0.2) is 0 Å². The van der Waals surface area contributed by atoms with E-state index in [2.05, 4.69) is 4.99 Å². The van der Waals surface area contributed by atoms with Crippen LogP contribution in [0.2, 0.25) is 0 Å². The Labute approximate surface area is 49.5 Å². The summed E-state index contributed by atoms with van der Waals surface area (Å²) in [4.78, 5) is 6.01. The van der Waals surface area contributed by atoms with Gasteiger partial charge in [-0.05, 0) is 13.0 Å². The number of likely N-dealkylation sites (N-methyl/N-ethyl adjacent to an activating group) is 1. The van der Waals surface area contributed by atoms with Crippen molar-refractivity contribution in [2.75, 3.05) is 7.05 Å². The van der Waals surface area contributed by atoms with Crippen molar-refractivity contribution in [3.63, 3.8) is 0 Å². The number of hydrogen-bond donors (Lipinski definition) is 0. The molecule has 1 radical (unpaired) electrons. The fraction of sp³-hybridized carbons (Fsp3) is 0.333. The van der Waals surface area contributed by atoms with E-state index >= 15 is 0 Å². The lowest BCUT2D eigenvalue weighted by Crippen LogP contribution is -2.21. The summed E-state index contributed by atoms with van der Waals surface area (Å²) >= 11 is 0. The van der Waals surface area contributed by atoms with Gasteiger partial charge in [-0.3, -0.25) is 0 Å². The minimum absolute atomic E-state index is 1.03. The van der Waals surface area contributed by atoms with Gasteiger partial charge in [-0.2, -0.15) is 0 Å². The van der Waals surface area contributed by atoms with Gasteiger partial charge in [0.2, 0.25) is 0 Å². The maximum absolute atomic E-state index is 4.04. The van der Waals surface area contributed by atoms with Crippen molar-refractivity contribution in [3.8, 4) is 0 Å². The molecule has 1 rings (SSSR count). The van der Waals surface area contributed by atoms with Gasteiger partial charge in [-0.1, -0.05) is 0 Å². The summed E-state index contributed by atoms with van der Waals surface area (Å²) in [6.45, 7) is 3.95. The van der Waals surface area contributed by atoms with Crippen LogP contribution in [0, 0.1) is 6.54 Å². The van der Waals surface area contributed by atoms with E-state index in [0.717, 1.165) is 5.84 Å². The van der Waals surface area contributed by atoms with Crippen molar-refractivity contribution in [3.05, 3.63) is 18.8 Å². The molecule has 0 atom stereocenters. The molecule has 0 N–H and O–H groups in total. The highest BCUT2D eigenvalue weighted by molar-refractivity contribution is 5.81. The fourth-order valence-electron chi connectivity index (χ4n) is 0.517. The lowest BCUT2D eigenvalue weighted by atomic mass is 10.4. The van der Waals surface area contributed by atoms with Crippen molar-refractivity contribution in [1.29, 1.82) is 0 Å². The summed E-state index contributed by atoms with van der Waals surface area (Å²) in [5.74, 6) is 1.03. The zero-order valence-corrected chi connectivity index (χ0v) is 5.13. The third-order valence-corrected chi connectivity index (χ3v) is 1.17. The topological polar surface area (TPSA) is 15.6 Å². The summed E-state index contributed by atoms with van der Waals surface area (Å²) in [5, 5.41) is 0. The lowest BCUT2D eigenvalue weighted by molar-refractivity contribution is 0.627. The van der Waals surface area contributed by atoms with Crippen LogP contribution in [-0.2, 0) is 0 Å². The summed E-state index contributed by atoms with van der Waals surface area (Å²) in [7, 11) is 1.97. The molecule has 2 nitrogen and oxygen atoms in total. The molecule has 0 aromatic rings. The summed E-state index contributed by atoms with van der Waals surface area (Å²) in [6.07, 6.45) is 3.70. The molecule has 0 aromatic carbocycles. The molecular formula is C6H9N2. The Morgan fingerprint density at radius 3 is 2.75 bits per heavy atom. The molecule has 8 heavy (non-hydrogen) atoms. The second-order valence-corrected chi connectivity index (χ2v) is 1.78. The molecule has 2 heteroatoms. The first-order valence-electron chi connectivity index (χ1n) is 2.58. The van der Waals surface area contributed by atoms with Gasteiger partial charge in [-0.25, -0.2) is 4.99 Å². The highest BCUT2D eigenvalue weighted by atomic mass is 15.2. The van der Waals surface area contributed by atoms with Gasteiger partial charge in [0.1, 0.15) is 5.84 Å². The van der Waals surface area contributed by atoms with Crippen LogP contribution in [0.5, 0.6) is 0 Å². The van der Waals surface area contributed by atoms with Crippen molar-refractivity contribution in [2.24, 2.45) is 4.99 Å². The molecule has 1 aliphatic rings. The summed E-state index contributed by atoms with van der Waals surface area (Å²) in [6, 6.07) is 0. The third-order valence-electron chi connectivity index (χ3n) is 1.17. The van der Waals surface area contributed by atoms with E-state index in [9.17, 15) is 0 Å². The molecule has 0 aromatic heterocycles. The zero-order chi connectivity index (χ0) is 5.98. The molecule has 43 valence electrons. The second-order valence-electron chi connectivity index (χ2n) is 1.78. The molecule has 0 fully saturated rings. The van der Waals surface area contributed by atoms with Crippen LogP contribution in [0.25, 0.3) is 0 Å². The maximum Gasteiger partial charge on any atom is 0.101 e. The van der Waals surface area contributed by atoms with E-state index in [1.807, 2.05) is 31.5 Å². The Kier molecular flexibility index (Phi) is 1.33. The first-order chi connectivity index (χ1) is 3.80. The van der Waals surface area contributed by atoms with Crippen LogP contribution < -0.4 is 0 Å². The average Bonchev–Trinajstić information content (AvgIpc) is 1.77. The first-order valence-corrected chi connectivity index (χ1v) is 2.58. The number of hydrogen-bond acceptors (Lipinski definition) is 2. The maximum atomic E-state index is 4.04. The molecule has 0 aliphatic carbocycles. The molecule has 0 saturated carbocycles. The van der Waals surface area contributed by atoms with Gasteiger partial charge in [0, 0.05) is 13.2 Å². The molecule has 1 heterocycles. The molecule has 0 spiro atoms. The predicted molar refractivity (Wildman–Crippen MR) is 34.3 cm³/mol. The van der Waals surface area contributed by atoms with Crippen LogP contribution in [0.3, 0.4) is 0 Å². The number of nitrogens with zero attached hydrogens (tertiary/aromatic N) is 2. The highest BCUT2D eigenvalue weighted by Crippen LogP contribution is 1.98. The van der Waals surface area contributed by atoms with E-state index in [1.165, 1.54) is 0 Å². The van der Waals surface area contributed by atoms with E-state index < -0.39 is 0 Å². The Morgan fingerprint density at radius 2 is 2.38 bits per heavy atom. The van der Waals surface area contributed by atoms with Crippen LogP contribution in [0.4, 0.5) is 0 Å². The minimum atomic E-state index is 1.03. The van der Waals surface area contributed by atoms with Gasteiger partial charge in [-0.15, -0.1) is 0 Å². The Hall–Kier alpha value is -0.790. The van der Waals surface area contributed by atoms with Crippen molar-refractivity contribution < 1.29 is 0 Å². The fourth-order valence-corrected chi connectivity index (χ4v) is 0.517. The lowest BCUT2D eigenvalue weighted by Gasteiger charge is -2.17. The Balaban J connectivity index is 2.66. The number of rotatable bonds is 0. The van der Waals surface area contributed by atoms with E-state index in [1.54, 1.807) is 6.20 Å². The van der Waals surface area contributed by atoms with Crippen LogP contribution >= 0.6 is 0 Å². The van der Waals surface area contributed by atoms with Gasteiger partial charge >= 0.3 is 0 Å². The predicted octanol–water partition coefficient (Wildman–Crippen LogP) is 1.03. The van der Waals surface area contributed by atoms with Gasteiger partial charge < -0.3 is 4.90 Å². The van der Waals surface area contributed by atoms with Crippen molar-refractivity contribution in [2.45, 2.75) is 6.92 Å². The van der Waals surface area contributed by atoms with Crippen molar-refractivity contribution >= 4 is 5.84 Å². The monoisotopic (exact) mass is 109 g/mol. The minimum Gasteiger partial charge on any atom is -0.354 e. The van der Waals surface area contributed by atoms with Gasteiger partial charge in [0.25, 0.3) is 0 Å². The van der Waals surface area contributed by atoms with Gasteiger partial charge in [0.05, 0.1) is 6.54 Å². The summed E-state index contributed by atoms with van der Waals surface area (Å²) in [5.41, 5.74) is 0. The molecular weight excluding hydrogens is 100 g/mol. The summed E-state index contributed by atoms with van der Waals surface area (Å²) < 4.78 is 0. The Morgan fingerprint density at radius 1 is 1.62 bits per heavy atom. The molecule has 1 aliphatic heterocycles. The largest absolute Gasteiger partial charge is 0.354 e. The van der Waals surface area contributed by atoms with Crippen LogP contribution in [-0.4, -0.2) is 17.8 Å². The van der Waals surface area contributed by atoms with Crippen LogP contribution in [0.1, 0.15) is 6.92 Å². The zero-order valence-electron chi connectivity index (χ0n) is 5.13. The molecule has 0 saturated heterocycles. The average molecular weight is 109 g/mol. The van der Waals surface area contributed by atoms with Crippen LogP contribution in [0.15, 0.2) is 17.3 Å². The van der Waals surface area contributed by atoms with E-state index in [4.69, 9.17) is 0 Å².